The summed E-state index contributed by atoms with van der Waals surface area (Å²) < 4.78 is 36.6. The fraction of sp³-hybridized carbons (Fsp3) is 0.250. The van der Waals surface area contributed by atoms with Crippen LogP contribution in [0.2, 0.25) is 0 Å². The van der Waals surface area contributed by atoms with Crippen LogP contribution in [0.4, 0.5) is 13.2 Å². The third-order valence-electron chi connectivity index (χ3n) is 1.63. The van der Waals surface area contributed by atoms with Gasteiger partial charge in [-0.05, 0) is 18.6 Å². The van der Waals surface area contributed by atoms with E-state index in [0.717, 1.165) is 6.07 Å². The number of aryl methyl sites for hydroxylation is 1. The van der Waals surface area contributed by atoms with Gasteiger partial charge in [0.1, 0.15) is 0 Å². The average molecular weight is 263 g/mol. The van der Waals surface area contributed by atoms with Crippen molar-refractivity contribution in [2.75, 3.05) is 0 Å². The molecule has 0 heterocycles. The van der Waals surface area contributed by atoms with E-state index in [4.69, 9.17) is 34.8 Å². The van der Waals surface area contributed by atoms with Gasteiger partial charge >= 0.3 is 0 Å². The number of rotatable bonds is 0. The van der Waals surface area contributed by atoms with Gasteiger partial charge in [-0.2, -0.15) is 0 Å². The van der Waals surface area contributed by atoms with Crippen molar-refractivity contribution in [1.29, 1.82) is 0 Å². The maximum atomic E-state index is 13.1. The third-order valence-corrected chi connectivity index (χ3v) is 2.25. The van der Waals surface area contributed by atoms with Crippen LogP contribution in [0.5, 0.6) is 0 Å². The Bertz CT molecular complexity index is 371. The standard InChI is InChI=1S/C8H4Cl3F3/c1-3-2-4(8(9,10)11)6(13)7(14)5(3)12/h2H,1H3. The van der Waals surface area contributed by atoms with Crippen LogP contribution >= 0.6 is 34.8 Å². The van der Waals surface area contributed by atoms with Crippen LogP contribution in [-0.2, 0) is 3.79 Å². The lowest BCUT2D eigenvalue weighted by Crippen LogP contribution is -2.08. The van der Waals surface area contributed by atoms with Gasteiger partial charge in [-0.3, -0.25) is 0 Å². The molecule has 1 rings (SSSR count). The molecule has 0 unspecified atom stereocenters. The van der Waals surface area contributed by atoms with Gasteiger partial charge in [0, 0.05) is 5.56 Å². The van der Waals surface area contributed by atoms with E-state index in [9.17, 15) is 13.2 Å². The predicted molar refractivity (Wildman–Crippen MR) is 50.3 cm³/mol. The van der Waals surface area contributed by atoms with Crippen LogP contribution in [0.1, 0.15) is 11.1 Å². The summed E-state index contributed by atoms with van der Waals surface area (Å²) in [6.07, 6.45) is 0. The second-order valence-corrected chi connectivity index (χ2v) is 4.96. The minimum atomic E-state index is -2.11. The van der Waals surface area contributed by atoms with Crippen molar-refractivity contribution in [3.63, 3.8) is 0 Å². The molecule has 0 nitrogen and oxygen atoms in total. The zero-order valence-corrected chi connectivity index (χ0v) is 9.11. The summed E-state index contributed by atoms with van der Waals surface area (Å²) in [6.45, 7) is 1.25. The summed E-state index contributed by atoms with van der Waals surface area (Å²) >= 11 is 16.1. The molecule has 0 bridgehead atoms. The third kappa shape index (κ3) is 2.10. The monoisotopic (exact) mass is 262 g/mol. The van der Waals surface area contributed by atoms with E-state index < -0.39 is 26.8 Å². The number of hydrogen-bond acceptors (Lipinski definition) is 0. The molecule has 0 saturated carbocycles. The second-order valence-electron chi connectivity index (χ2n) is 2.68. The van der Waals surface area contributed by atoms with Gasteiger partial charge < -0.3 is 0 Å². The zero-order chi connectivity index (χ0) is 11.1. The minimum Gasteiger partial charge on any atom is -0.203 e. The van der Waals surface area contributed by atoms with E-state index in [1.807, 2.05) is 0 Å². The van der Waals surface area contributed by atoms with E-state index in [1.54, 1.807) is 0 Å². The summed E-state index contributed by atoms with van der Waals surface area (Å²) in [6, 6.07) is 0.959. The molecular weight excluding hydrogens is 259 g/mol. The van der Waals surface area contributed by atoms with E-state index >= 15 is 0 Å². The summed E-state index contributed by atoms with van der Waals surface area (Å²) in [4.78, 5) is 0. The lowest BCUT2D eigenvalue weighted by atomic mass is 10.1. The molecule has 0 aromatic heterocycles. The van der Waals surface area contributed by atoms with E-state index in [1.165, 1.54) is 6.92 Å². The van der Waals surface area contributed by atoms with Crippen molar-refractivity contribution in [2.24, 2.45) is 0 Å². The summed E-state index contributed by atoms with van der Waals surface area (Å²) in [5, 5.41) is 0. The Balaban J connectivity index is 3.49. The second kappa shape index (κ2) is 3.80. The van der Waals surface area contributed by atoms with Gasteiger partial charge in [-0.25, -0.2) is 13.2 Å². The topological polar surface area (TPSA) is 0 Å². The summed E-state index contributed by atoms with van der Waals surface area (Å²) in [5.74, 6) is -4.39. The first-order chi connectivity index (χ1) is 6.25. The first kappa shape index (κ1) is 12.0. The van der Waals surface area contributed by atoms with Crippen molar-refractivity contribution < 1.29 is 13.2 Å². The molecule has 0 spiro atoms. The van der Waals surface area contributed by atoms with Crippen LogP contribution < -0.4 is 0 Å². The maximum absolute atomic E-state index is 13.1. The van der Waals surface area contributed by atoms with E-state index in [2.05, 4.69) is 0 Å². The Hall–Kier alpha value is -0.120. The van der Waals surface area contributed by atoms with Gasteiger partial charge in [-0.1, -0.05) is 34.8 Å². The molecule has 0 aliphatic carbocycles. The van der Waals surface area contributed by atoms with Crippen LogP contribution in [0.15, 0.2) is 6.07 Å². The van der Waals surface area contributed by atoms with Gasteiger partial charge in [0.2, 0.25) is 3.79 Å². The quantitative estimate of drug-likeness (QED) is 0.485. The Morgan fingerprint density at radius 3 is 1.93 bits per heavy atom. The largest absolute Gasteiger partial charge is 0.218 e. The highest BCUT2D eigenvalue weighted by Gasteiger charge is 2.30. The molecule has 0 radical (unpaired) electrons. The van der Waals surface area contributed by atoms with Crippen molar-refractivity contribution in [3.05, 3.63) is 34.6 Å². The highest BCUT2D eigenvalue weighted by molar-refractivity contribution is 6.66. The normalized spacial score (nSPS) is 11.9. The van der Waals surface area contributed by atoms with E-state index in [0.29, 0.717) is 0 Å². The molecule has 6 heteroatoms. The first-order valence-corrected chi connectivity index (χ1v) is 4.60. The molecule has 0 N–H and O–H groups in total. The average Bonchev–Trinajstić information content (AvgIpc) is 2.06. The van der Waals surface area contributed by atoms with Gasteiger partial charge in [0.25, 0.3) is 0 Å². The lowest BCUT2D eigenvalue weighted by Gasteiger charge is -2.14. The Labute approximate surface area is 93.6 Å². The summed E-state index contributed by atoms with van der Waals surface area (Å²) in [5.41, 5.74) is -0.621. The van der Waals surface area contributed by atoms with Crippen molar-refractivity contribution in [1.82, 2.24) is 0 Å². The zero-order valence-electron chi connectivity index (χ0n) is 6.85. The first-order valence-electron chi connectivity index (χ1n) is 3.46. The molecule has 1 aromatic carbocycles. The predicted octanol–water partition coefficient (Wildman–Crippen LogP) is 4.24. The number of halogens is 6. The van der Waals surface area contributed by atoms with Crippen LogP contribution in [0, 0.1) is 24.4 Å². The van der Waals surface area contributed by atoms with Crippen LogP contribution in [-0.4, -0.2) is 0 Å². The fourth-order valence-corrected chi connectivity index (χ4v) is 1.35. The molecule has 0 atom stereocenters. The Morgan fingerprint density at radius 2 is 1.50 bits per heavy atom. The Kier molecular flexibility index (Phi) is 3.24. The van der Waals surface area contributed by atoms with Crippen LogP contribution in [0.25, 0.3) is 0 Å². The molecule has 0 fully saturated rings. The maximum Gasteiger partial charge on any atom is 0.218 e. The highest BCUT2D eigenvalue weighted by Crippen LogP contribution is 2.40. The number of hydrogen-bond donors (Lipinski definition) is 0. The number of benzene rings is 1. The minimum absolute atomic E-state index is 0.120. The smallest absolute Gasteiger partial charge is 0.203 e. The molecule has 0 aliphatic heterocycles. The molecular formula is C8H4Cl3F3. The molecule has 0 amide bonds. The molecule has 14 heavy (non-hydrogen) atoms. The van der Waals surface area contributed by atoms with Crippen molar-refractivity contribution in [3.8, 4) is 0 Å². The van der Waals surface area contributed by atoms with Gasteiger partial charge in [0.15, 0.2) is 17.5 Å². The molecule has 0 saturated heterocycles. The Morgan fingerprint density at radius 1 is 1.00 bits per heavy atom. The van der Waals surface area contributed by atoms with Crippen LogP contribution in [0.3, 0.4) is 0 Å². The SMILES string of the molecule is Cc1cc(C(Cl)(Cl)Cl)c(F)c(F)c1F. The molecule has 1 aromatic rings. The lowest BCUT2D eigenvalue weighted by molar-refractivity contribution is 0.438. The van der Waals surface area contributed by atoms with Crippen molar-refractivity contribution in [2.45, 2.75) is 10.7 Å². The fourth-order valence-electron chi connectivity index (χ4n) is 0.937. The molecule has 0 aliphatic rings. The van der Waals surface area contributed by atoms with E-state index in [-0.39, 0.29) is 5.56 Å². The van der Waals surface area contributed by atoms with Crippen molar-refractivity contribution >= 4 is 34.8 Å². The number of alkyl halides is 3. The summed E-state index contributed by atoms with van der Waals surface area (Å²) in [7, 11) is 0. The highest BCUT2D eigenvalue weighted by atomic mass is 35.6. The molecule has 78 valence electrons. The van der Waals surface area contributed by atoms with Gasteiger partial charge in [0.05, 0.1) is 0 Å². The van der Waals surface area contributed by atoms with Gasteiger partial charge in [-0.15, -0.1) is 0 Å².